The maximum atomic E-state index is 14.8. The van der Waals surface area contributed by atoms with Gasteiger partial charge in [0.05, 0.1) is 30.1 Å². The number of fused-ring (bicyclic) bond motifs is 1. The van der Waals surface area contributed by atoms with Gasteiger partial charge in [0, 0.05) is 26.7 Å². The minimum absolute atomic E-state index is 0.175. The second kappa shape index (κ2) is 12.5. The Balaban J connectivity index is 1.61. The summed E-state index contributed by atoms with van der Waals surface area (Å²) in [5, 5.41) is 10.7. The quantitative estimate of drug-likeness (QED) is 0.363. The van der Waals surface area contributed by atoms with Gasteiger partial charge in [-0.05, 0) is 36.8 Å². The maximum Gasteiger partial charge on any atom is 0.249 e. The first-order valence-electron chi connectivity index (χ1n) is 15.2. The number of hydrogen-bond acceptors (Lipinski definition) is 5. The van der Waals surface area contributed by atoms with Crippen LogP contribution in [0.4, 0.5) is 0 Å². The lowest BCUT2D eigenvalue weighted by atomic mass is 9.64. The fraction of sp³-hybridized carbons (Fsp3) is 0.457. The van der Waals surface area contributed by atoms with Crippen LogP contribution in [0.2, 0.25) is 0 Å². The van der Waals surface area contributed by atoms with Gasteiger partial charge in [-0.2, -0.15) is 0 Å². The summed E-state index contributed by atoms with van der Waals surface area (Å²) in [4.78, 5) is 48.4. The van der Waals surface area contributed by atoms with Crippen molar-refractivity contribution in [3.8, 4) is 0 Å². The van der Waals surface area contributed by atoms with Gasteiger partial charge >= 0.3 is 0 Å². The highest BCUT2D eigenvalue weighted by Gasteiger charge is 2.79. The Morgan fingerprint density at radius 1 is 1.02 bits per heavy atom. The van der Waals surface area contributed by atoms with Gasteiger partial charge in [-0.15, -0.1) is 13.2 Å². The van der Waals surface area contributed by atoms with Crippen LogP contribution in [0.1, 0.15) is 37.3 Å². The molecule has 8 heteroatoms. The molecule has 3 aliphatic rings. The summed E-state index contributed by atoms with van der Waals surface area (Å²) in [6.07, 6.45) is 5.31. The van der Waals surface area contributed by atoms with E-state index < -0.39 is 35.1 Å². The second-order valence-electron chi connectivity index (χ2n) is 12.1. The largest absolute Gasteiger partial charge is 0.394 e. The summed E-state index contributed by atoms with van der Waals surface area (Å²) in [6, 6.07) is 17.7. The Bertz CT molecular complexity index is 1350. The van der Waals surface area contributed by atoms with Gasteiger partial charge in [0.15, 0.2) is 0 Å². The van der Waals surface area contributed by atoms with Crippen LogP contribution in [0.15, 0.2) is 86.0 Å². The summed E-state index contributed by atoms with van der Waals surface area (Å²) >= 11 is 0. The normalized spacial score (nSPS) is 27.9. The fourth-order valence-corrected chi connectivity index (χ4v) is 7.73. The molecule has 2 aromatic rings. The molecule has 2 aromatic carbocycles. The van der Waals surface area contributed by atoms with Crippen molar-refractivity contribution in [3.63, 3.8) is 0 Å². The van der Waals surface area contributed by atoms with E-state index in [-0.39, 0.29) is 30.9 Å². The highest BCUT2D eigenvalue weighted by molar-refractivity contribution is 5.99. The van der Waals surface area contributed by atoms with E-state index in [1.54, 1.807) is 33.9 Å². The molecule has 1 N–H and O–H groups in total. The number of carbonyl (C=O) groups is 3. The second-order valence-corrected chi connectivity index (χ2v) is 12.1. The predicted molar refractivity (Wildman–Crippen MR) is 165 cm³/mol. The molecule has 228 valence electrons. The highest BCUT2D eigenvalue weighted by atomic mass is 16.5. The first kappa shape index (κ1) is 30.7. The van der Waals surface area contributed by atoms with Gasteiger partial charge in [-0.3, -0.25) is 14.4 Å². The molecule has 2 bridgehead atoms. The standard InChI is InChI=1S/C35H43N3O5/c1-5-20-36(4)31(40)28-29-32(41)38(27(24-39)22-25-14-10-8-11-15-25)30(35(29)19-18-34(28,7-3)43-35)33(42)37(21-6-2)23-26-16-12-9-13-17-26/h5-6,8-17,27-30,39H,1-2,7,18-24H2,3-4H3/t27-,28+,29+,30?,34-,35?/m1/s1. The number of ether oxygens (including phenoxy) is 1. The third-order valence-electron chi connectivity index (χ3n) is 9.69. The zero-order chi connectivity index (χ0) is 30.8. The van der Waals surface area contributed by atoms with E-state index in [1.807, 2.05) is 67.6 Å². The molecule has 0 aromatic heterocycles. The molecule has 6 atom stereocenters. The number of aliphatic hydroxyl groups excluding tert-OH is 1. The number of amides is 3. The van der Waals surface area contributed by atoms with Gasteiger partial charge < -0.3 is 24.5 Å². The molecule has 43 heavy (non-hydrogen) atoms. The van der Waals surface area contributed by atoms with Gasteiger partial charge in [0.1, 0.15) is 11.6 Å². The van der Waals surface area contributed by atoms with E-state index in [0.717, 1.165) is 11.1 Å². The molecule has 5 rings (SSSR count). The first-order chi connectivity index (χ1) is 20.8. The summed E-state index contributed by atoms with van der Waals surface area (Å²) in [5.41, 5.74) is -0.129. The molecule has 0 aliphatic carbocycles. The molecule has 3 fully saturated rings. The molecule has 0 saturated carbocycles. The smallest absolute Gasteiger partial charge is 0.249 e. The van der Waals surface area contributed by atoms with E-state index in [4.69, 9.17) is 4.74 Å². The number of likely N-dealkylation sites (N-methyl/N-ethyl adjacent to an activating group) is 1. The van der Waals surface area contributed by atoms with Crippen molar-refractivity contribution in [2.45, 2.75) is 62.4 Å². The Labute approximate surface area is 254 Å². The van der Waals surface area contributed by atoms with Crippen molar-refractivity contribution in [2.24, 2.45) is 11.8 Å². The van der Waals surface area contributed by atoms with Crippen LogP contribution >= 0.6 is 0 Å². The average molecular weight is 586 g/mol. The van der Waals surface area contributed by atoms with Crippen LogP contribution in [0.3, 0.4) is 0 Å². The molecule has 3 amide bonds. The molecular weight excluding hydrogens is 542 g/mol. The van der Waals surface area contributed by atoms with E-state index in [1.165, 1.54) is 0 Å². The molecule has 3 heterocycles. The van der Waals surface area contributed by atoms with Crippen LogP contribution < -0.4 is 0 Å². The molecule has 8 nitrogen and oxygen atoms in total. The van der Waals surface area contributed by atoms with E-state index in [0.29, 0.717) is 38.8 Å². The van der Waals surface area contributed by atoms with Crippen LogP contribution in [0, 0.1) is 11.8 Å². The third kappa shape index (κ3) is 5.21. The van der Waals surface area contributed by atoms with E-state index >= 15 is 0 Å². The Morgan fingerprint density at radius 3 is 2.23 bits per heavy atom. The molecule has 0 radical (unpaired) electrons. The van der Waals surface area contributed by atoms with Gasteiger partial charge in [0.25, 0.3) is 0 Å². The van der Waals surface area contributed by atoms with Crippen LogP contribution in [-0.4, -0.2) is 87.6 Å². The van der Waals surface area contributed by atoms with Crippen molar-refractivity contribution >= 4 is 17.7 Å². The van der Waals surface area contributed by atoms with Crippen LogP contribution in [0.25, 0.3) is 0 Å². The van der Waals surface area contributed by atoms with Crippen molar-refractivity contribution in [1.29, 1.82) is 0 Å². The molecule has 3 saturated heterocycles. The monoisotopic (exact) mass is 585 g/mol. The van der Waals surface area contributed by atoms with Gasteiger partial charge in [0.2, 0.25) is 17.7 Å². The first-order valence-corrected chi connectivity index (χ1v) is 15.2. The molecule has 2 unspecified atom stereocenters. The Morgan fingerprint density at radius 2 is 1.65 bits per heavy atom. The van der Waals surface area contributed by atoms with Gasteiger partial charge in [-0.1, -0.05) is 79.7 Å². The average Bonchev–Trinajstić information content (AvgIpc) is 3.63. The number of aliphatic hydroxyl groups is 1. The number of benzene rings is 2. The number of carbonyl (C=O) groups excluding carboxylic acids is 3. The number of hydrogen-bond donors (Lipinski definition) is 1. The SMILES string of the molecule is C=CCN(C)C(=O)[C@@H]1[C@H]2C(=O)N([C@@H](CO)Cc3ccccc3)C(C(=O)N(CC=C)Cc3ccccc3)C23CC[C@@]1(CC)O3. The van der Waals surface area contributed by atoms with Crippen molar-refractivity contribution in [1.82, 2.24) is 14.7 Å². The minimum Gasteiger partial charge on any atom is -0.394 e. The number of likely N-dealkylation sites (tertiary alicyclic amines) is 1. The maximum absolute atomic E-state index is 14.8. The van der Waals surface area contributed by atoms with E-state index in [9.17, 15) is 19.5 Å². The Kier molecular flexibility index (Phi) is 8.90. The fourth-order valence-electron chi connectivity index (χ4n) is 7.73. The highest BCUT2D eigenvalue weighted by Crippen LogP contribution is 2.65. The zero-order valence-electron chi connectivity index (χ0n) is 25.2. The summed E-state index contributed by atoms with van der Waals surface area (Å²) in [5.74, 6) is -2.30. The Hall–Kier alpha value is -3.75. The number of nitrogens with zero attached hydrogens (tertiary/aromatic N) is 3. The zero-order valence-corrected chi connectivity index (χ0v) is 25.2. The lowest BCUT2D eigenvalue weighted by Crippen LogP contribution is -2.59. The summed E-state index contributed by atoms with van der Waals surface area (Å²) in [6.45, 7) is 10.3. The third-order valence-corrected chi connectivity index (χ3v) is 9.69. The predicted octanol–water partition coefficient (Wildman–Crippen LogP) is 3.60. The van der Waals surface area contributed by atoms with Crippen LogP contribution in [0.5, 0.6) is 0 Å². The van der Waals surface area contributed by atoms with E-state index in [2.05, 4.69) is 13.2 Å². The molecule has 1 spiro atoms. The van der Waals surface area contributed by atoms with Crippen LogP contribution in [-0.2, 0) is 32.1 Å². The molecule has 3 aliphatic heterocycles. The lowest BCUT2D eigenvalue weighted by molar-refractivity contribution is -0.157. The minimum atomic E-state index is -1.18. The summed E-state index contributed by atoms with van der Waals surface area (Å²) < 4.78 is 6.95. The van der Waals surface area contributed by atoms with Crippen molar-refractivity contribution in [2.75, 3.05) is 26.7 Å². The topological polar surface area (TPSA) is 90.4 Å². The summed E-state index contributed by atoms with van der Waals surface area (Å²) in [7, 11) is 1.71. The van der Waals surface area contributed by atoms with Gasteiger partial charge in [-0.25, -0.2) is 0 Å². The van der Waals surface area contributed by atoms with Crippen molar-refractivity contribution in [3.05, 3.63) is 97.1 Å². The molecular formula is C35H43N3O5. The lowest BCUT2D eigenvalue weighted by Gasteiger charge is -2.39. The number of rotatable bonds is 13. The van der Waals surface area contributed by atoms with Crippen molar-refractivity contribution < 1.29 is 24.2 Å².